The van der Waals surface area contributed by atoms with Gasteiger partial charge in [0, 0.05) is 5.54 Å². The van der Waals surface area contributed by atoms with Crippen molar-refractivity contribution in [2.45, 2.75) is 32.7 Å². The van der Waals surface area contributed by atoms with Crippen molar-refractivity contribution < 1.29 is 4.74 Å². The number of hydrogen-bond donors (Lipinski definition) is 1. The number of hydrogen-bond acceptors (Lipinski definition) is 2. The van der Waals surface area contributed by atoms with E-state index in [2.05, 4.69) is 12.6 Å². The minimum atomic E-state index is -0.220. The monoisotopic (exact) mass is 219 g/mol. The van der Waals surface area contributed by atoms with Gasteiger partial charge in [-0.1, -0.05) is 24.8 Å². The first kappa shape index (κ1) is 12.8. The summed E-state index contributed by atoms with van der Waals surface area (Å²) >= 11 is 0. The van der Waals surface area contributed by atoms with E-state index in [0.29, 0.717) is 6.61 Å². The lowest BCUT2D eigenvalue weighted by molar-refractivity contribution is 0.345. The van der Waals surface area contributed by atoms with Crippen LogP contribution in [-0.2, 0) is 6.42 Å². The molecule has 2 heteroatoms. The summed E-state index contributed by atoms with van der Waals surface area (Å²) in [4.78, 5) is 0. The predicted octanol–water partition coefficient (Wildman–Crippen LogP) is 2.92. The minimum absolute atomic E-state index is 0.220. The quantitative estimate of drug-likeness (QED) is 0.773. The molecule has 0 radical (unpaired) electrons. The van der Waals surface area contributed by atoms with E-state index in [0.717, 1.165) is 23.3 Å². The van der Waals surface area contributed by atoms with Gasteiger partial charge in [0.1, 0.15) is 12.4 Å². The second-order valence-corrected chi connectivity index (χ2v) is 5.02. The first-order chi connectivity index (χ1) is 7.38. The largest absolute Gasteiger partial charge is 0.489 e. The summed E-state index contributed by atoms with van der Waals surface area (Å²) < 4.78 is 5.69. The number of ether oxygens (including phenoxy) is 1. The number of benzene rings is 1. The maximum Gasteiger partial charge on any atom is 0.123 e. The summed E-state index contributed by atoms with van der Waals surface area (Å²) in [6.45, 7) is 10.4. The lowest BCUT2D eigenvalue weighted by atomic mass is 9.96. The minimum Gasteiger partial charge on any atom is -0.489 e. The zero-order valence-electron chi connectivity index (χ0n) is 10.4. The van der Waals surface area contributed by atoms with E-state index in [9.17, 15) is 0 Å². The van der Waals surface area contributed by atoms with Crippen molar-refractivity contribution >= 4 is 0 Å². The standard InChI is InChI=1S/C14H21NO/c1-11(2)10-16-13-8-6-5-7-12(13)9-14(3,4)15/h5-8H,1,9-10,15H2,2-4H3. The van der Waals surface area contributed by atoms with E-state index in [1.165, 1.54) is 0 Å². The second kappa shape index (κ2) is 5.17. The van der Waals surface area contributed by atoms with Crippen molar-refractivity contribution in [2.75, 3.05) is 6.61 Å². The van der Waals surface area contributed by atoms with Gasteiger partial charge in [-0.3, -0.25) is 0 Å². The zero-order valence-corrected chi connectivity index (χ0v) is 10.4. The summed E-state index contributed by atoms with van der Waals surface area (Å²) in [5.74, 6) is 0.907. The van der Waals surface area contributed by atoms with Gasteiger partial charge in [0.15, 0.2) is 0 Å². The third-order valence-corrected chi connectivity index (χ3v) is 2.09. The van der Waals surface area contributed by atoms with Crippen LogP contribution in [0.15, 0.2) is 36.4 Å². The highest BCUT2D eigenvalue weighted by atomic mass is 16.5. The molecule has 0 amide bonds. The smallest absolute Gasteiger partial charge is 0.123 e. The molecule has 2 N–H and O–H groups in total. The third kappa shape index (κ3) is 4.49. The summed E-state index contributed by atoms with van der Waals surface area (Å²) in [6.07, 6.45) is 0.805. The molecule has 16 heavy (non-hydrogen) atoms. The van der Waals surface area contributed by atoms with Gasteiger partial charge >= 0.3 is 0 Å². The highest BCUT2D eigenvalue weighted by molar-refractivity contribution is 5.34. The van der Waals surface area contributed by atoms with Crippen LogP contribution in [0.2, 0.25) is 0 Å². The Morgan fingerprint density at radius 2 is 2.00 bits per heavy atom. The summed E-state index contributed by atoms with van der Waals surface area (Å²) in [6, 6.07) is 8.02. The highest BCUT2D eigenvalue weighted by Crippen LogP contribution is 2.22. The van der Waals surface area contributed by atoms with E-state index < -0.39 is 0 Å². The lowest BCUT2D eigenvalue weighted by Gasteiger charge is -2.20. The van der Waals surface area contributed by atoms with Gasteiger partial charge in [0.25, 0.3) is 0 Å². The molecule has 0 bridgehead atoms. The van der Waals surface area contributed by atoms with Gasteiger partial charge < -0.3 is 10.5 Å². The molecule has 1 aromatic carbocycles. The molecular formula is C14H21NO. The fraction of sp³-hybridized carbons (Fsp3) is 0.429. The third-order valence-electron chi connectivity index (χ3n) is 2.09. The average Bonchev–Trinajstić information content (AvgIpc) is 2.14. The molecule has 0 aliphatic rings. The van der Waals surface area contributed by atoms with E-state index in [4.69, 9.17) is 10.5 Å². The van der Waals surface area contributed by atoms with E-state index >= 15 is 0 Å². The summed E-state index contributed by atoms with van der Waals surface area (Å²) in [5, 5.41) is 0. The van der Waals surface area contributed by atoms with Crippen LogP contribution in [-0.4, -0.2) is 12.1 Å². The van der Waals surface area contributed by atoms with Crippen LogP contribution in [0.25, 0.3) is 0 Å². The van der Waals surface area contributed by atoms with E-state index in [-0.39, 0.29) is 5.54 Å². The Morgan fingerprint density at radius 1 is 1.38 bits per heavy atom. The molecule has 0 aliphatic heterocycles. The Bertz CT molecular complexity index is 363. The van der Waals surface area contributed by atoms with Gasteiger partial charge in [-0.25, -0.2) is 0 Å². The second-order valence-electron chi connectivity index (χ2n) is 5.02. The number of rotatable bonds is 5. The molecule has 0 saturated heterocycles. The fourth-order valence-electron chi connectivity index (χ4n) is 1.48. The van der Waals surface area contributed by atoms with Crippen LogP contribution in [0.3, 0.4) is 0 Å². The normalized spacial score (nSPS) is 11.2. The molecule has 0 saturated carbocycles. The van der Waals surface area contributed by atoms with E-state index in [1.807, 2.05) is 39.0 Å². The van der Waals surface area contributed by atoms with Crippen LogP contribution < -0.4 is 10.5 Å². The van der Waals surface area contributed by atoms with Crippen LogP contribution in [0, 0.1) is 0 Å². The average molecular weight is 219 g/mol. The van der Waals surface area contributed by atoms with Crippen LogP contribution in [0.1, 0.15) is 26.3 Å². The molecule has 0 aromatic heterocycles. The van der Waals surface area contributed by atoms with Crippen molar-refractivity contribution in [3.05, 3.63) is 42.0 Å². The molecule has 2 nitrogen and oxygen atoms in total. The molecule has 0 spiro atoms. The Kier molecular flexibility index (Phi) is 4.13. The first-order valence-corrected chi connectivity index (χ1v) is 5.52. The van der Waals surface area contributed by atoms with Crippen molar-refractivity contribution in [1.82, 2.24) is 0 Å². The van der Waals surface area contributed by atoms with Crippen molar-refractivity contribution in [2.24, 2.45) is 5.73 Å². The molecular weight excluding hydrogens is 198 g/mol. The maximum absolute atomic E-state index is 6.02. The molecule has 1 aromatic rings. The number of nitrogens with two attached hydrogens (primary N) is 1. The lowest BCUT2D eigenvalue weighted by Crippen LogP contribution is -2.34. The molecule has 0 fully saturated rings. The molecule has 0 atom stereocenters. The Balaban J connectivity index is 2.79. The van der Waals surface area contributed by atoms with Crippen LogP contribution >= 0.6 is 0 Å². The predicted molar refractivity (Wildman–Crippen MR) is 68.7 cm³/mol. The van der Waals surface area contributed by atoms with Gasteiger partial charge in [-0.15, -0.1) is 0 Å². The van der Waals surface area contributed by atoms with Crippen LogP contribution in [0.5, 0.6) is 5.75 Å². The topological polar surface area (TPSA) is 35.2 Å². The van der Waals surface area contributed by atoms with E-state index in [1.54, 1.807) is 0 Å². The Morgan fingerprint density at radius 3 is 2.56 bits per heavy atom. The highest BCUT2D eigenvalue weighted by Gasteiger charge is 2.14. The molecule has 1 rings (SSSR count). The molecule has 88 valence electrons. The fourth-order valence-corrected chi connectivity index (χ4v) is 1.48. The Hall–Kier alpha value is -1.28. The SMILES string of the molecule is C=C(C)COc1ccccc1CC(C)(C)N. The van der Waals surface area contributed by atoms with Crippen molar-refractivity contribution in [3.63, 3.8) is 0 Å². The molecule has 0 aliphatic carbocycles. The van der Waals surface area contributed by atoms with Crippen molar-refractivity contribution in [1.29, 1.82) is 0 Å². The van der Waals surface area contributed by atoms with Gasteiger partial charge in [0.05, 0.1) is 0 Å². The van der Waals surface area contributed by atoms with Gasteiger partial charge in [-0.2, -0.15) is 0 Å². The van der Waals surface area contributed by atoms with Gasteiger partial charge in [-0.05, 0) is 44.4 Å². The van der Waals surface area contributed by atoms with Crippen molar-refractivity contribution in [3.8, 4) is 5.75 Å². The van der Waals surface area contributed by atoms with Crippen LogP contribution in [0.4, 0.5) is 0 Å². The Labute approximate surface area is 98.1 Å². The number of para-hydroxylation sites is 1. The first-order valence-electron chi connectivity index (χ1n) is 5.52. The summed E-state index contributed by atoms with van der Waals surface area (Å²) in [7, 11) is 0. The maximum atomic E-state index is 6.02. The summed E-state index contributed by atoms with van der Waals surface area (Å²) in [5.41, 5.74) is 7.96. The zero-order chi connectivity index (χ0) is 12.2. The molecule has 0 unspecified atom stereocenters. The molecule has 0 heterocycles. The van der Waals surface area contributed by atoms with Gasteiger partial charge in [0.2, 0.25) is 0 Å².